The van der Waals surface area contributed by atoms with E-state index < -0.39 is 39.7 Å². The van der Waals surface area contributed by atoms with Crippen molar-refractivity contribution in [2.75, 3.05) is 12.4 Å². The zero-order valence-electron chi connectivity index (χ0n) is 12.4. The van der Waals surface area contributed by atoms with Crippen LogP contribution in [0.25, 0.3) is 0 Å². The normalized spacial score (nSPS) is 14.0. The fourth-order valence-corrected chi connectivity index (χ4v) is 2.45. The number of amides is 1. The van der Waals surface area contributed by atoms with Crippen molar-refractivity contribution in [2.45, 2.75) is 25.8 Å². The molecule has 7 nitrogen and oxygen atoms in total. The molecule has 0 spiro atoms. The van der Waals surface area contributed by atoms with Crippen molar-refractivity contribution < 1.29 is 27.3 Å². The molecule has 0 radical (unpaired) electrons. The van der Waals surface area contributed by atoms with Gasteiger partial charge in [0.05, 0.1) is 12.5 Å². The van der Waals surface area contributed by atoms with E-state index >= 15 is 0 Å². The van der Waals surface area contributed by atoms with Crippen molar-refractivity contribution in [3.8, 4) is 0 Å². The first-order chi connectivity index (χ1) is 10.2. The number of hydrogen-bond donors (Lipinski definition) is 2. The van der Waals surface area contributed by atoms with E-state index in [-0.39, 0.29) is 6.61 Å². The molecule has 0 saturated carbocycles. The van der Waals surface area contributed by atoms with Gasteiger partial charge in [-0.3, -0.25) is 9.35 Å². The highest BCUT2D eigenvalue weighted by molar-refractivity contribution is 7.85. The highest BCUT2D eigenvalue weighted by Gasteiger charge is 2.29. The van der Waals surface area contributed by atoms with Crippen molar-refractivity contribution in [2.24, 2.45) is 0 Å². The van der Waals surface area contributed by atoms with Gasteiger partial charge in [-0.1, -0.05) is 30.3 Å². The molecule has 2 unspecified atom stereocenters. The van der Waals surface area contributed by atoms with Crippen molar-refractivity contribution in [3.63, 3.8) is 0 Å². The molecule has 0 aliphatic heterocycles. The van der Waals surface area contributed by atoms with E-state index in [9.17, 15) is 18.0 Å². The summed E-state index contributed by atoms with van der Waals surface area (Å²) in [6.45, 7) is 3.21. The van der Waals surface area contributed by atoms with Gasteiger partial charge in [0.25, 0.3) is 10.1 Å². The molecule has 0 bridgehead atoms. The zero-order valence-corrected chi connectivity index (χ0v) is 13.2. The summed E-state index contributed by atoms with van der Waals surface area (Å²) in [5.74, 6) is -2.96. The molecule has 0 aromatic heterocycles. The molecule has 0 saturated heterocycles. The average molecular weight is 329 g/mol. The summed E-state index contributed by atoms with van der Waals surface area (Å²) in [5.41, 5.74) is 0.717. The summed E-state index contributed by atoms with van der Waals surface area (Å²) >= 11 is 0. The fourth-order valence-electron chi connectivity index (χ4n) is 1.81. The van der Waals surface area contributed by atoms with E-state index in [0.717, 1.165) is 5.56 Å². The summed E-state index contributed by atoms with van der Waals surface area (Å²) in [6.07, 6.45) is 0. The molecule has 1 rings (SSSR count). The molecule has 1 aromatic rings. The summed E-state index contributed by atoms with van der Waals surface area (Å²) in [6, 6.07) is 7.36. The van der Waals surface area contributed by atoms with Gasteiger partial charge in [0, 0.05) is 0 Å². The predicted molar refractivity (Wildman–Crippen MR) is 79.8 cm³/mol. The van der Waals surface area contributed by atoms with Gasteiger partial charge in [0.2, 0.25) is 5.91 Å². The third-order valence-corrected chi connectivity index (χ3v) is 3.71. The van der Waals surface area contributed by atoms with Crippen LogP contribution >= 0.6 is 0 Å². The lowest BCUT2D eigenvalue weighted by Crippen LogP contribution is -2.47. The third-order valence-electron chi connectivity index (χ3n) is 2.96. The summed E-state index contributed by atoms with van der Waals surface area (Å²) in [4.78, 5) is 23.9. The molecule has 2 atom stereocenters. The van der Waals surface area contributed by atoms with E-state index in [0.29, 0.717) is 0 Å². The predicted octanol–water partition coefficient (Wildman–Crippen LogP) is 0.726. The minimum atomic E-state index is -4.44. The van der Waals surface area contributed by atoms with Crippen LogP contribution in [0.5, 0.6) is 0 Å². The van der Waals surface area contributed by atoms with Gasteiger partial charge in [0.15, 0.2) is 0 Å². The minimum Gasteiger partial charge on any atom is -0.464 e. The Morgan fingerprint density at radius 3 is 2.36 bits per heavy atom. The quantitative estimate of drug-likeness (QED) is 0.563. The van der Waals surface area contributed by atoms with Gasteiger partial charge < -0.3 is 10.1 Å². The molecular weight excluding hydrogens is 310 g/mol. The number of carbonyl (C=O) groups is 2. The number of carbonyl (C=O) groups excluding carboxylic acids is 2. The lowest BCUT2D eigenvalue weighted by molar-refractivity contribution is -0.146. The largest absolute Gasteiger partial charge is 0.464 e. The minimum absolute atomic E-state index is 0.0327. The Morgan fingerprint density at radius 2 is 1.86 bits per heavy atom. The maximum absolute atomic E-state index is 12.2. The summed E-state index contributed by atoms with van der Waals surface area (Å²) in [5, 5.41) is 2.30. The van der Waals surface area contributed by atoms with Crippen LogP contribution in [0.3, 0.4) is 0 Å². The summed E-state index contributed by atoms with van der Waals surface area (Å²) in [7, 11) is -4.44. The van der Waals surface area contributed by atoms with Gasteiger partial charge in [-0.05, 0) is 19.4 Å². The first-order valence-electron chi connectivity index (χ1n) is 6.71. The Bertz CT molecular complexity index is 613. The maximum atomic E-state index is 12.2. The molecule has 8 heteroatoms. The van der Waals surface area contributed by atoms with Crippen LogP contribution in [-0.4, -0.2) is 43.2 Å². The number of ether oxygens (including phenoxy) is 1. The van der Waals surface area contributed by atoms with Crippen molar-refractivity contribution >= 4 is 22.0 Å². The lowest BCUT2D eigenvalue weighted by atomic mass is 10.0. The van der Waals surface area contributed by atoms with Crippen LogP contribution in [-0.2, 0) is 24.4 Å². The third kappa shape index (κ3) is 5.82. The molecule has 122 valence electrons. The average Bonchev–Trinajstić information content (AvgIpc) is 2.45. The van der Waals surface area contributed by atoms with Crippen molar-refractivity contribution in [3.05, 3.63) is 35.9 Å². The van der Waals surface area contributed by atoms with E-state index in [1.807, 2.05) is 0 Å². The van der Waals surface area contributed by atoms with Gasteiger partial charge >= 0.3 is 5.97 Å². The van der Waals surface area contributed by atoms with Crippen LogP contribution in [0.15, 0.2) is 30.3 Å². The number of rotatable bonds is 7. The smallest absolute Gasteiger partial charge is 0.329 e. The second-order valence-electron chi connectivity index (χ2n) is 4.69. The van der Waals surface area contributed by atoms with E-state index in [4.69, 9.17) is 9.29 Å². The van der Waals surface area contributed by atoms with E-state index in [1.54, 1.807) is 44.2 Å². The number of benzene rings is 1. The molecule has 0 aliphatic carbocycles. The van der Waals surface area contributed by atoms with Crippen LogP contribution in [0.2, 0.25) is 0 Å². The van der Waals surface area contributed by atoms with Crippen molar-refractivity contribution in [1.82, 2.24) is 5.32 Å². The number of nitrogens with one attached hydrogen (secondary N) is 1. The van der Waals surface area contributed by atoms with Gasteiger partial charge in [-0.15, -0.1) is 0 Å². The Labute approximate surface area is 129 Å². The summed E-state index contributed by atoms with van der Waals surface area (Å²) < 4.78 is 35.5. The molecule has 2 N–H and O–H groups in total. The fraction of sp³-hybridized carbons (Fsp3) is 0.429. The zero-order chi connectivity index (χ0) is 16.8. The monoisotopic (exact) mass is 329 g/mol. The molecule has 1 aromatic carbocycles. The number of hydrogen-bond acceptors (Lipinski definition) is 5. The molecule has 1 amide bonds. The topological polar surface area (TPSA) is 110 Å². The Kier molecular flexibility index (Phi) is 6.51. The van der Waals surface area contributed by atoms with E-state index in [1.165, 1.54) is 0 Å². The van der Waals surface area contributed by atoms with Crippen LogP contribution in [0.4, 0.5) is 0 Å². The Morgan fingerprint density at radius 1 is 1.27 bits per heavy atom. The molecule has 0 heterocycles. The maximum Gasteiger partial charge on any atom is 0.329 e. The van der Waals surface area contributed by atoms with Crippen LogP contribution < -0.4 is 5.32 Å². The first-order valence-corrected chi connectivity index (χ1v) is 8.32. The standard InChI is InChI=1S/C14H19NO6S/c1-3-21-14(17)12(9-22(18,19)20)15-13(16)10(2)11-7-5-4-6-8-11/h4-8,10,12H,3,9H2,1-2H3,(H,15,16)(H,18,19,20). The highest BCUT2D eigenvalue weighted by atomic mass is 32.2. The van der Waals surface area contributed by atoms with Gasteiger partial charge in [-0.2, -0.15) is 8.42 Å². The van der Waals surface area contributed by atoms with Gasteiger partial charge in [0.1, 0.15) is 11.8 Å². The van der Waals surface area contributed by atoms with Crippen LogP contribution in [0, 0.1) is 0 Å². The van der Waals surface area contributed by atoms with Crippen LogP contribution in [0.1, 0.15) is 25.3 Å². The second kappa shape index (κ2) is 7.90. The molecular formula is C14H19NO6S. The molecule has 0 fully saturated rings. The Balaban J connectivity index is 2.84. The lowest BCUT2D eigenvalue weighted by Gasteiger charge is -2.19. The first kappa shape index (κ1) is 18.1. The van der Waals surface area contributed by atoms with E-state index in [2.05, 4.69) is 5.32 Å². The SMILES string of the molecule is CCOC(=O)C(CS(=O)(=O)O)NC(=O)C(C)c1ccccc1. The molecule has 22 heavy (non-hydrogen) atoms. The van der Waals surface area contributed by atoms with Crippen molar-refractivity contribution in [1.29, 1.82) is 0 Å². The molecule has 0 aliphatic rings. The number of esters is 1. The Hall–Kier alpha value is -1.93. The second-order valence-corrected chi connectivity index (χ2v) is 6.19. The van der Waals surface area contributed by atoms with Gasteiger partial charge in [-0.25, -0.2) is 4.79 Å². The highest BCUT2D eigenvalue weighted by Crippen LogP contribution is 2.15.